The summed E-state index contributed by atoms with van der Waals surface area (Å²) in [5.74, 6) is 0.646. The first-order chi connectivity index (χ1) is 14.7. The molecule has 4 N–H and O–H groups in total. The molecule has 0 aliphatic rings. The highest BCUT2D eigenvalue weighted by atomic mass is 15.1. The van der Waals surface area contributed by atoms with Crippen LogP contribution in [0.3, 0.4) is 0 Å². The summed E-state index contributed by atoms with van der Waals surface area (Å²) in [6.45, 7) is 3.56. The van der Waals surface area contributed by atoms with Crippen LogP contribution >= 0.6 is 0 Å². The van der Waals surface area contributed by atoms with Crippen LogP contribution in [-0.2, 0) is 6.54 Å². The van der Waals surface area contributed by atoms with Gasteiger partial charge in [0.2, 0.25) is 5.62 Å². The van der Waals surface area contributed by atoms with Crippen molar-refractivity contribution >= 4 is 22.7 Å². The molecule has 1 aromatic carbocycles. The molecule has 0 bridgehead atoms. The molecule has 7 heteroatoms. The van der Waals surface area contributed by atoms with E-state index in [9.17, 15) is 0 Å². The fourth-order valence-corrected chi connectivity index (χ4v) is 3.58. The summed E-state index contributed by atoms with van der Waals surface area (Å²) in [5, 5.41) is 0. The second-order valence-electron chi connectivity index (χ2n) is 7.71. The molecule has 160 valence electrons. The van der Waals surface area contributed by atoms with E-state index in [2.05, 4.69) is 39.0 Å². The predicted molar refractivity (Wildman–Crippen MR) is 123 cm³/mol. The molecule has 2 aromatic heterocycles. The van der Waals surface area contributed by atoms with Gasteiger partial charge < -0.3 is 16.0 Å². The lowest BCUT2D eigenvalue weighted by molar-refractivity contribution is 0.576. The zero-order valence-electron chi connectivity index (χ0n) is 17.9. The maximum absolute atomic E-state index is 6.29. The number of benzene rings is 1. The highest BCUT2D eigenvalue weighted by Crippen LogP contribution is 2.20. The summed E-state index contributed by atoms with van der Waals surface area (Å²) < 4.78 is 1.95. The number of nitrogen functional groups attached to an aromatic ring is 2. The minimum absolute atomic E-state index is 0.302. The van der Waals surface area contributed by atoms with Crippen molar-refractivity contribution in [3.8, 4) is 0 Å². The average Bonchev–Trinajstić information content (AvgIpc) is 3.12. The molecule has 3 rings (SSSR count). The Kier molecular flexibility index (Phi) is 8.18. The van der Waals surface area contributed by atoms with Crippen LogP contribution in [0.15, 0.2) is 41.7 Å². The summed E-state index contributed by atoms with van der Waals surface area (Å²) in [6, 6.07) is 10.1. The monoisotopic (exact) mass is 407 g/mol. The number of anilines is 2. The van der Waals surface area contributed by atoms with Crippen LogP contribution in [0.4, 0.5) is 11.6 Å². The Bertz CT molecular complexity index is 996. The second-order valence-corrected chi connectivity index (χ2v) is 7.71. The van der Waals surface area contributed by atoms with E-state index in [4.69, 9.17) is 11.5 Å². The van der Waals surface area contributed by atoms with Gasteiger partial charge in [0.1, 0.15) is 11.0 Å². The number of aromatic nitrogens is 4. The van der Waals surface area contributed by atoms with Crippen molar-refractivity contribution in [1.82, 2.24) is 19.5 Å². The number of hydrogen-bond donors (Lipinski definition) is 2. The fraction of sp³-hybridized carbons (Fsp3) is 0.478. The van der Waals surface area contributed by atoms with Crippen molar-refractivity contribution in [2.45, 2.75) is 64.8 Å². The van der Waals surface area contributed by atoms with E-state index in [0.717, 1.165) is 12.0 Å². The van der Waals surface area contributed by atoms with Crippen LogP contribution in [0, 0.1) is 0 Å². The molecular weight excluding hydrogens is 374 g/mol. The Balaban J connectivity index is 1.68. The van der Waals surface area contributed by atoms with Gasteiger partial charge in [0.15, 0.2) is 11.6 Å². The number of hydrogen-bond acceptors (Lipinski definition) is 6. The molecular formula is C23H33N7. The third-order valence-corrected chi connectivity index (χ3v) is 5.22. The minimum Gasteiger partial charge on any atom is -0.382 e. The van der Waals surface area contributed by atoms with Crippen molar-refractivity contribution in [2.75, 3.05) is 18.0 Å². The van der Waals surface area contributed by atoms with E-state index < -0.39 is 0 Å². The predicted octanol–water partition coefficient (Wildman–Crippen LogP) is 4.08. The molecule has 0 saturated carbocycles. The van der Waals surface area contributed by atoms with Gasteiger partial charge in [-0.2, -0.15) is 9.97 Å². The third kappa shape index (κ3) is 6.02. The molecule has 0 fully saturated rings. The van der Waals surface area contributed by atoms with E-state index in [-0.39, 0.29) is 0 Å². The normalized spacial score (nSPS) is 12.0. The highest BCUT2D eigenvalue weighted by molar-refractivity contribution is 5.90. The molecule has 2 heterocycles. The van der Waals surface area contributed by atoms with Gasteiger partial charge in [0, 0.05) is 13.1 Å². The lowest BCUT2D eigenvalue weighted by Gasteiger charge is -2.04. The van der Waals surface area contributed by atoms with E-state index in [1.165, 1.54) is 44.9 Å². The number of imidazole rings is 1. The number of nitrogens with two attached hydrogens (primary N) is 2. The maximum Gasteiger partial charge on any atom is 0.248 e. The van der Waals surface area contributed by atoms with Crippen molar-refractivity contribution in [2.24, 2.45) is 4.99 Å². The molecule has 0 radical (unpaired) electrons. The van der Waals surface area contributed by atoms with Crippen LogP contribution in [0.5, 0.6) is 0 Å². The maximum atomic E-state index is 6.29. The Hall–Kier alpha value is -2.96. The first kappa shape index (κ1) is 21.7. The molecule has 0 spiro atoms. The van der Waals surface area contributed by atoms with Gasteiger partial charge in [0.05, 0.1) is 6.33 Å². The largest absolute Gasteiger partial charge is 0.382 e. The zero-order valence-corrected chi connectivity index (χ0v) is 17.9. The number of rotatable bonds is 11. The SMILES string of the molecule is CCCCCCCCCCN=c1nc(N)c2ncn(Cc3ccccc3)c2c(N)n1. The smallest absolute Gasteiger partial charge is 0.248 e. The topological polar surface area (TPSA) is 108 Å². The molecule has 0 aliphatic carbocycles. The first-order valence-electron chi connectivity index (χ1n) is 11.0. The molecule has 0 amide bonds. The fourth-order valence-electron chi connectivity index (χ4n) is 3.58. The van der Waals surface area contributed by atoms with Crippen LogP contribution < -0.4 is 17.1 Å². The standard InChI is InChI=1S/C23H33N7/c1-2-3-4-5-6-7-8-12-15-26-23-28-21(24)19-20(22(25)29-23)30(17-27-19)16-18-13-10-9-11-14-18/h9-11,13-14,17H,2-8,12,15-16H2,1H3,(H4,24,25,26,28,29). The van der Waals surface area contributed by atoms with Crippen molar-refractivity contribution in [1.29, 1.82) is 0 Å². The Labute approximate surface area is 178 Å². The lowest BCUT2D eigenvalue weighted by atomic mass is 10.1. The zero-order chi connectivity index (χ0) is 21.2. The highest BCUT2D eigenvalue weighted by Gasteiger charge is 2.11. The molecule has 0 aliphatic heterocycles. The summed E-state index contributed by atoms with van der Waals surface area (Å²) in [7, 11) is 0. The van der Waals surface area contributed by atoms with Crippen LogP contribution in [0.1, 0.15) is 63.9 Å². The Morgan fingerprint density at radius 2 is 1.53 bits per heavy atom. The summed E-state index contributed by atoms with van der Waals surface area (Å²) in [6.07, 6.45) is 11.8. The van der Waals surface area contributed by atoms with Crippen LogP contribution in [0.2, 0.25) is 0 Å². The minimum atomic E-state index is 0.302. The quantitative estimate of drug-likeness (QED) is 0.466. The van der Waals surface area contributed by atoms with Gasteiger partial charge in [-0.1, -0.05) is 82.2 Å². The van der Waals surface area contributed by atoms with E-state index >= 15 is 0 Å². The molecule has 30 heavy (non-hydrogen) atoms. The molecule has 0 saturated heterocycles. The van der Waals surface area contributed by atoms with Gasteiger partial charge in [-0.25, -0.2) is 9.98 Å². The van der Waals surface area contributed by atoms with Crippen molar-refractivity contribution in [3.05, 3.63) is 47.8 Å². The molecule has 7 nitrogen and oxygen atoms in total. The molecule has 0 unspecified atom stereocenters. The van der Waals surface area contributed by atoms with Gasteiger partial charge in [0.25, 0.3) is 0 Å². The van der Waals surface area contributed by atoms with Crippen LogP contribution in [0.25, 0.3) is 11.0 Å². The van der Waals surface area contributed by atoms with E-state index in [1.54, 1.807) is 6.33 Å². The van der Waals surface area contributed by atoms with Crippen molar-refractivity contribution < 1.29 is 0 Å². The Morgan fingerprint density at radius 1 is 0.867 bits per heavy atom. The summed E-state index contributed by atoms with van der Waals surface area (Å²) >= 11 is 0. The summed E-state index contributed by atoms with van der Waals surface area (Å²) in [4.78, 5) is 17.7. The van der Waals surface area contributed by atoms with Gasteiger partial charge in [-0.3, -0.25) is 0 Å². The second kappa shape index (κ2) is 11.3. The van der Waals surface area contributed by atoms with E-state index in [0.29, 0.717) is 41.4 Å². The third-order valence-electron chi connectivity index (χ3n) is 5.22. The van der Waals surface area contributed by atoms with E-state index in [1.807, 2.05) is 22.8 Å². The lowest BCUT2D eigenvalue weighted by Crippen LogP contribution is -2.13. The van der Waals surface area contributed by atoms with Gasteiger partial charge >= 0.3 is 0 Å². The van der Waals surface area contributed by atoms with Gasteiger partial charge in [-0.05, 0) is 12.0 Å². The number of nitrogens with zero attached hydrogens (tertiary/aromatic N) is 5. The first-order valence-corrected chi connectivity index (χ1v) is 11.0. The van der Waals surface area contributed by atoms with Crippen molar-refractivity contribution in [3.63, 3.8) is 0 Å². The van der Waals surface area contributed by atoms with Crippen LogP contribution in [-0.4, -0.2) is 26.1 Å². The number of unbranched alkanes of at least 4 members (excludes halogenated alkanes) is 7. The average molecular weight is 408 g/mol. The Morgan fingerprint density at radius 3 is 2.27 bits per heavy atom. The molecule has 3 aromatic rings. The van der Waals surface area contributed by atoms with Gasteiger partial charge in [-0.15, -0.1) is 0 Å². The summed E-state index contributed by atoms with van der Waals surface area (Å²) in [5.41, 5.74) is 15.2. The molecule has 0 atom stereocenters. The number of fused-ring (bicyclic) bond motifs is 1.